The van der Waals surface area contributed by atoms with Gasteiger partial charge < -0.3 is 4.74 Å². The van der Waals surface area contributed by atoms with E-state index < -0.39 is 31.2 Å². The van der Waals surface area contributed by atoms with Gasteiger partial charge in [-0.25, -0.2) is 14.8 Å². The topological polar surface area (TPSA) is 52.1 Å². The second kappa shape index (κ2) is 3.43. The molecule has 0 bridgehead atoms. The molecule has 0 atom stereocenters. The van der Waals surface area contributed by atoms with Gasteiger partial charge >= 0.3 is 5.97 Å². The van der Waals surface area contributed by atoms with Gasteiger partial charge in [0.15, 0.2) is 0 Å². The highest BCUT2D eigenvalue weighted by molar-refractivity contribution is 9.10. The number of esters is 1. The third-order valence-electron chi connectivity index (χ3n) is 0.795. The number of aromatic nitrogens is 2. The molecule has 0 saturated heterocycles. The number of nitrogens with zero attached hydrogens (tertiary/aromatic N) is 2. The van der Waals surface area contributed by atoms with Crippen molar-refractivity contribution in [1.82, 2.24) is 9.97 Å². The molecule has 0 spiro atoms. The number of halogens is 1. The summed E-state index contributed by atoms with van der Waals surface area (Å²) in [5.41, 5.74) is 0. The van der Waals surface area contributed by atoms with Gasteiger partial charge in [-0.05, 0) is 15.9 Å². The van der Waals surface area contributed by atoms with E-state index in [0.717, 1.165) is 0 Å². The maximum Gasteiger partial charge on any atom is 0.376 e. The van der Waals surface area contributed by atoms with Crippen molar-refractivity contribution in [2.24, 2.45) is 0 Å². The molecule has 1 aromatic heterocycles. The number of methoxy groups -OCH3 is 1. The summed E-state index contributed by atoms with van der Waals surface area (Å²) in [5.74, 6) is -1.93. The van der Waals surface area contributed by atoms with Crippen LogP contribution in [0.4, 0.5) is 0 Å². The first-order chi connectivity index (χ1) is 7.20. The lowest BCUT2D eigenvalue weighted by atomic mass is 10.6. The van der Waals surface area contributed by atoms with Gasteiger partial charge in [-0.1, -0.05) is 0 Å². The quantitative estimate of drug-likeness (QED) is 0.665. The van der Waals surface area contributed by atoms with E-state index in [4.69, 9.17) is 6.85 Å². The molecule has 0 aliphatic heterocycles. The minimum absolute atomic E-state index is 0.0120. The summed E-state index contributed by atoms with van der Waals surface area (Å²) in [6.07, 6.45) is -0.782. The lowest BCUT2D eigenvalue weighted by molar-refractivity contribution is 0.0586. The third-order valence-corrected chi connectivity index (χ3v) is 1.15. The van der Waals surface area contributed by atoms with Crippen LogP contribution in [0, 0.1) is 0 Å². The fourth-order valence-corrected chi connectivity index (χ4v) is 0.568. The Balaban J connectivity index is 3.02. The fourth-order valence-electron chi connectivity index (χ4n) is 0.391. The van der Waals surface area contributed by atoms with Gasteiger partial charge in [0.05, 0.1) is 18.4 Å². The van der Waals surface area contributed by atoms with Crippen LogP contribution >= 0.6 is 15.9 Å². The lowest BCUT2D eigenvalue weighted by Crippen LogP contribution is -2.06. The van der Waals surface area contributed by atoms with Crippen LogP contribution < -0.4 is 0 Å². The van der Waals surface area contributed by atoms with Crippen molar-refractivity contribution in [3.8, 4) is 0 Å². The number of ether oxygens (including phenoxy) is 1. The molecule has 0 saturated carbocycles. The van der Waals surface area contributed by atoms with Crippen molar-refractivity contribution in [2.45, 2.75) is 0 Å². The normalized spacial score (nSPS) is 17.0. The van der Waals surface area contributed by atoms with Crippen LogP contribution in [0.2, 0.25) is 0 Å². The second-order valence-corrected chi connectivity index (χ2v) is 2.27. The molecule has 5 heteroatoms. The van der Waals surface area contributed by atoms with Crippen molar-refractivity contribution < 1.29 is 16.4 Å². The van der Waals surface area contributed by atoms with Crippen molar-refractivity contribution in [1.29, 1.82) is 0 Å². The Labute approximate surface area is 78.8 Å². The zero-order chi connectivity index (χ0) is 12.5. The van der Waals surface area contributed by atoms with Crippen LogP contribution in [0.5, 0.6) is 0 Å². The van der Waals surface area contributed by atoms with Crippen LogP contribution in [-0.4, -0.2) is 23.0 Å². The number of hydrogen-bond acceptors (Lipinski definition) is 4. The summed E-state index contributed by atoms with van der Waals surface area (Å²) in [4.78, 5) is 18.0. The van der Waals surface area contributed by atoms with Crippen molar-refractivity contribution in [3.63, 3.8) is 0 Å². The highest BCUT2D eigenvalue weighted by atomic mass is 79.9. The summed E-state index contributed by atoms with van der Waals surface area (Å²) >= 11 is 2.86. The minimum Gasteiger partial charge on any atom is -0.463 e. The minimum atomic E-state index is -2.90. The van der Waals surface area contributed by atoms with Crippen LogP contribution in [-0.2, 0) is 4.74 Å². The Hall–Kier alpha value is -0.970. The standard InChI is InChI=1S/C6H5BrN2O2/c1-11-6(10)5-8-2-4(7)3-9-5/h2-3H,1H3/i1D3,2D,3D. The van der Waals surface area contributed by atoms with E-state index in [1.165, 1.54) is 0 Å². The van der Waals surface area contributed by atoms with Gasteiger partial charge in [-0.2, -0.15) is 0 Å². The smallest absolute Gasteiger partial charge is 0.376 e. The van der Waals surface area contributed by atoms with E-state index in [9.17, 15) is 4.79 Å². The van der Waals surface area contributed by atoms with E-state index in [2.05, 4.69) is 30.6 Å². The van der Waals surface area contributed by atoms with Gasteiger partial charge in [-0.3, -0.25) is 0 Å². The van der Waals surface area contributed by atoms with Gasteiger partial charge in [0, 0.05) is 12.3 Å². The molecule has 0 radical (unpaired) electrons. The highest BCUT2D eigenvalue weighted by Crippen LogP contribution is 2.04. The zero-order valence-electron chi connectivity index (χ0n) is 10.1. The fraction of sp³-hybridized carbons (Fsp3) is 0.167. The number of rotatable bonds is 1. The van der Waals surface area contributed by atoms with Gasteiger partial charge in [0.25, 0.3) is 0 Å². The molecule has 0 aliphatic rings. The van der Waals surface area contributed by atoms with Gasteiger partial charge in [0.2, 0.25) is 5.82 Å². The Morgan fingerprint density at radius 3 is 3.00 bits per heavy atom. The van der Waals surface area contributed by atoms with E-state index in [1.807, 2.05) is 0 Å². The first-order valence-electron chi connectivity index (χ1n) is 4.95. The average molecular weight is 222 g/mol. The molecule has 1 rings (SSSR count). The molecule has 0 amide bonds. The maximum absolute atomic E-state index is 11.2. The summed E-state index contributed by atoms with van der Waals surface area (Å²) in [6, 6.07) is 0. The molecule has 0 fully saturated rings. The van der Waals surface area contributed by atoms with E-state index >= 15 is 0 Å². The summed E-state index contributed by atoms with van der Waals surface area (Å²) < 4.78 is 38.6. The predicted octanol–water partition coefficient (Wildman–Crippen LogP) is 1.03. The van der Waals surface area contributed by atoms with Crippen LogP contribution in [0.1, 0.15) is 17.5 Å². The molecule has 0 N–H and O–H groups in total. The SMILES string of the molecule is [2H]c1nc(C(=O)OC([2H])([2H])[2H])nc([2H])c1Br. The molecule has 4 nitrogen and oxygen atoms in total. The van der Waals surface area contributed by atoms with Crippen molar-refractivity contribution in [3.05, 3.63) is 22.6 Å². The van der Waals surface area contributed by atoms with Crippen LogP contribution in [0.25, 0.3) is 0 Å². The zero-order valence-corrected chi connectivity index (χ0v) is 6.67. The van der Waals surface area contributed by atoms with Crippen molar-refractivity contribution in [2.75, 3.05) is 7.04 Å². The number of carbonyl (C=O) groups is 1. The molecular formula is C6H5BrN2O2. The summed E-state index contributed by atoms with van der Waals surface area (Å²) in [7, 11) is -2.90. The van der Waals surface area contributed by atoms with Crippen molar-refractivity contribution >= 4 is 21.9 Å². The highest BCUT2D eigenvalue weighted by Gasteiger charge is 2.06. The Morgan fingerprint density at radius 2 is 2.45 bits per heavy atom. The van der Waals surface area contributed by atoms with Gasteiger partial charge in [-0.15, -0.1) is 0 Å². The largest absolute Gasteiger partial charge is 0.463 e. The Kier molecular flexibility index (Phi) is 1.13. The van der Waals surface area contributed by atoms with Crippen LogP contribution in [0.15, 0.2) is 16.8 Å². The molecule has 58 valence electrons. The molecule has 0 aromatic carbocycles. The summed E-state index contributed by atoms with van der Waals surface area (Å²) in [5, 5.41) is 0. The first-order valence-corrected chi connectivity index (χ1v) is 3.24. The van der Waals surface area contributed by atoms with E-state index in [0.29, 0.717) is 0 Å². The maximum atomic E-state index is 11.2. The number of carbonyl (C=O) groups excluding carboxylic acids is 1. The average Bonchev–Trinajstić information content (AvgIpc) is 2.10. The van der Waals surface area contributed by atoms with E-state index in [1.54, 1.807) is 0 Å². The third kappa shape index (κ3) is 1.98. The lowest BCUT2D eigenvalue weighted by Gasteiger charge is -1.95. The predicted molar refractivity (Wildman–Crippen MR) is 41.1 cm³/mol. The van der Waals surface area contributed by atoms with Gasteiger partial charge in [0.1, 0.15) is 0 Å². The second-order valence-electron chi connectivity index (χ2n) is 1.47. The van der Waals surface area contributed by atoms with Crippen LogP contribution in [0.3, 0.4) is 0 Å². The number of hydrogen-bond donors (Lipinski definition) is 0. The first kappa shape index (κ1) is 3.62. The molecule has 0 unspecified atom stereocenters. The molecule has 11 heavy (non-hydrogen) atoms. The Morgan fingerprint density at radius 1 is 1.82 bits per heavy atom. The Bertz CT molecular complexity index is 412. The molecular weight excluding hydrogens is 212 g/mol. The van der Waals surface area contributed by atoms with E-state index in [-0.39, 0.29) is 4.47 Å². The summed E-state index contributed by atoms with van der Waals surface area (Å²) in [6.45, 7) is 0. The molecule has 0 aliphatic carbocycles. The molecule has 1 aromatic rings. The molecule has 1 heterocycles. The monoisotopic (exact) mass is 221 g/mol.